The Kier molecular flexibility index (Phi) is 4.27. The van der Waals surface area contributed by atoms with Crippen LogP contribution in [0.4, 0.5) is 0 Å². The van der Waals surface area contributed by atoms with Gasteiger partial charge in [-0.1, -0.05) is 0 Å². The number of hydrogen-bond acceptors (Lipinski definition) is 5. The van der Waals surface area contributed by atoms with Crippen LogP contribution in [0.2, 0.25) is 0 Å². The Morgan fingerprint density at radius 2 is 1.90 bits per heavy atom. The molecule has 0 bridgehead atoms. The summed E-state index contributed by atoms with van der Waals surface area (Å²) in [6, 6.07) is 4.73. The number of pyridine rings is 1. The van der Waals surface area contributed by atoms with Crippen molar-refractivity contribution in [3.63, 3.8) is 0 Å². The Bertz CT molecular complexity index is 730. The molecule has 2 rings (SSSR count). The summed E-state index contributed by atoms with van der Waals surface area (Å²) < 4.78 is 49.6. The molecule has 0 radical (unpaired) electrons. The first-order valence-electron chi connectivity index (χ1n) is 6.46. The van der Waals surface area contributed by atoms with Crippen molar-refractivity contribution in [3.8, 4) is 0 Å². The summed E-state index contributed by atoms with van der Waals surface area (Å²) in [7, 11) is -7.35. The van der Waals surface area contributed by atoms with Crippen molar-refractivity contribution in [2.75, 3.05) is 19.1 Å². The fourth-order valence-corrected chi connectivity index (χ4v) is 6.15. The van der Waals surface area contributed by atoms with Gasteiger partial charge in [-0.3, -0.25) is 0 Å². The second kappa shape index (κ2) is 5.54. The molecule has 1 aliphatic rings. The first-order valence-corrected chi connectivity index (χ1v) is 10.3. The average Bonchev–Trinajstić information content (AvgIpc) is 2.36. The van der Waals surface area contributed by atoms with Crippen LogP contribution >= 0.6 is 0 Å². The summed E-state index contributed by atoms with van der Waals surface area (Å²) >= 11 is 0. The van der Waals surface area contributed by atoms with Gasteiger partial charge in [0.15, 0.2) is 21.7 Å². The molecule has 0 aliphatic carbocycles. The van der Waals surface area contributed by atoms with E-state index in [0.29, 0.717) is 17.6 Å². The zero-order valence-electron chi connectivity index (χ0n) is 11.8. The van der Waals surface area contributed by atoms with E-state index in [4.69, 9.17) is 0 Å². The molecular formula is C12H18N2O5S2. The number of rotatable bonds is 3. The molecule has 118 valence electrons. The Labute approximate surface area is 124 Å². The molecule has 1 saturated heterocycles. The minimum absolute atomic E-state index is 0.152. The van der Waals surface area contributed by atoms with Gasteiger partial charge in [-0.15, -0.1) is 0 Å². The zero-order valence-corrected chi connectivity index (χ0v) is 13.5. The maximum Gasteiger partial charge on any atom is 0.212 e. The standard InChI is InChI=1S/C12H18N2O5S2/c1-20(16,17)12-10(11-7-3-4-8-13(11)15)6-5-9-14(12)21(2,18)19/h3-4,7-8,10,12H,5-6,9H2,1-2H3. The Morgan fingerprint density at radius 1 is 1.24 bits per heavy atom. The minimum Gasteiger partial charge on any atom is -0.618 e. The van der Waals surface area contributed by atoms with E-state index in [2.05, 4.69) is 0 Å². The van der Waals surface area contributed by atoms with Crippen LogP contribution in [0, 0.1) is 5.21 Å². The van der Waals surface area contributed by atoms with E-state index < -0.39 is 31.2 Å². The van der Waals surface area contributed by atoms with Gasteiger partial charge in [0.25, 0.3) is 0 Å². The second-order valence-electron chi connectivity index (χ2n) is 5.29. The van der Waals surface area contributed by atoms with Crippen LogP contribution in [0.5, 0.6) is 0 Å². The lowest BCUT2D eigenvalue weighted by atomic mass is 9.95. The summed E-state index contributed by atoms with van der Waals surface area (Å²) in [4.78, 5) is 0. The van der Waals surface area contributed by atoms with Crippen molar-refractivity contribution in [3.05, 3.63) is 35.3 Å². The molecule has 0 amide bonds. The van der Waals surface area contributed by atoms with Crippen molar-refractivity contribution < 1.29 is 21.6 Å². The van der Waals surface area contributed by atoms with Crippen molar-refractivity contribution in [2.45, 2.75) is 24.1 Å². The quantitative estimate of drug-likeness (QED) is 0.564. The van der Waals surface area contributed by atoms with Crippen molar-refractivity contribution in [1.29, 1.82) is 0 Å². The summed E-state index contributed by atoms with van der Waals surface area (Å²) in [5, 5.41) is 10.7. The van der Waals surface area contributed by atoms with E-state index in [1.54, 1.807) is 18.2 Å². The molecule has 0 saturated carbocycles. The molecule has 1 aliphatic heterocycles. The van der Waals surface area contributed by atoms with E-state index >= 15 is 0 Å². The number of nitrogens with zero attached hydrogens (tertiary/aromatic N) is 2. The lowest BCUT2D eigenvalue weighted by Crippen LogP contribution is -2.53. The van der Waals surface area contributed by atoms with Crippen LogP contribution in [0.3, 0.4) is 0 Å². The predicted molar refractivity (Wildman–Crippen MR) is 77.6 cm³/mol. The molecule has 7 nitrogen and oxygen atoms in total. The largest absolute Gasteiger partial charge is 0.618 e. The molecule has 1 fully saturated rings. The highest BCUT2D eigenvalue weighted by atomic mass is 32.2. The van der Waals surface area contributed by atoms with E-state index in [1.807, 2.05) is 0 Å². The van der Waals surface area contributed by atoms with Crippen LogP contribution in [0.25, 0.3) is 0 Å². The summed E-state index contributed by atoms with van der Waals surface area (Å²) in [5.41, 5.74) is 0.279. The molecule has 2 unspecified atom stereocenters. The smallest absolute Gasteiger partial charge is 0.212 e. The SMILES string of the molecule is CS(=O)(=O)C1C(c2cccc[n+]2[O-])CCCN1S(C)(=O)=O. The third kappa shape index (κ3) is 3.35. The highest BCUT2D eigenvalue weighted by molar-refractivity contribution is 7.93. The van der Waals surface area contributed by atoms with E-state index in [9.17, 15) is 22.0 Å². The van der Waals surface area contributed by atoms with Gasteiger partial charge >= 0.3 is 0 Å². The van der Waals surface area contributed by atoms with Crippen LogP contribution in [-0.4, -0.2) is 45.6 Å². The predicted octanol–water partition coefficient (Wildman–Crippen LogP) is -0.170. The van der Waals surface area contributed by atoms with Gasteiger partial charge in [0.05, 0.1) is 12.2 Å². The van der Waals surface area contributed by atoms with Crippen molar-refractivity contribution in [2.24, 2.45) is 0 Å². The summed E-state index contributed by atoms with van der Waals surface area (Å²) in [6.07, 6.45) is 4.25. The fraction of sp³-hybridized carbons (Fsp3) is 0.583. The van der Waals surface area contributed by atoms with Crippen LogP contribution in [-0.2, 0) is 19.9 Å². The number of sulfonamides is 1. The number of piperidine rings is 1. The summed E-state index contributed by atoms with van der Waals surface area (Å²) in [6.45, 7) is 0.152. The zero-order chi connectivity index (χ0) is 15.8. The van der Waals surface area contributed by atoms with Gasteiger partial charge in [-0.05, 0) is 18.9 Å². The average molecular weight is 334 g/mol. The third-order valence-electron chi connectivity index (χ3n) is 3.62. The Morgan fingerprint density at radius 3 is 2.43 bits per heavy atom. The molecule has 1 aromatic rings. The van der Waals surface area contributed by atoms with Gasteiger partial charge in [-0.25, -0.2) is 16.8 Å². The second-order valence-corrected chi connectivity index (χ2v) is 9.37. The van der Waals surface area contributed by atoms with E-state index in [-0.39, 0.29) is 12.2 Å². The van der Waals surface area contributed by atoms with Crippen molar-refractivity contribution in [1.82, 2.24) is 4.31 Å². The molecule has 0 spiro atoms. The molecule has 0 aromatic carbocycles. The first kappa shape index (κ1) is 16.2. The number of aromatic nitrogens is 1. The number of sulfone groups is 1. The van der Waals surface area contributed by atoms with E-state index in [1.165, 1.54) is 6.20 Å². The van der Waals surface area contributed by atoms with Crippen LogP contribution in [0.1, 0.15) is 24.5 Å². The highest BCUT2D eigenvalue weighted by Gasteiger charge is 2.46. The monoisotopic (exact) mass is 334 g/mol. The Balaban J connectivity index is 2.57. The van der Waals surface area contributed by atoms with Gasteiger partial charge in [0.2, 0.25) is 10.0 Å². The number of hydrogen-bond donors (Lipinski definition) is 0. The first-order chi connectivity index (χ1) is 9.62. The normalized spacial score (nSPS) is 24.9. The maximum atomic E-state index is 12.1. The highest BCUT2D eigenvalue weighted by Crippen LogP contribution is 2.35. The van der Waals surface area contributed by atoms with Gasteiger partial charge in [0, 0.05) is 24.9 Å². The third-order valence-corrected chi connectivity index (χ3v) is 6.48. The van der Waals surface area contributed by atoms with Gasteiger partial charge in [0.1, 0.15) is 5.37 Å². The molecular weight excluding hydrogens is 316 g/mol. The maximum absolute atomic E-state index is 12.1. The lowest BCUT2D eigenvalue weighted by molar-refractivity contribution is -0.616. The lowest BCUT2D eigenvalue weighted by Gasteiger charge is -2.37. The van der Waals surface area contributed by atoms with E-state index in [0.717, 1.165) is 16.8 Å². The van der Waals surface area contributed by atoms with Crippen molar-refractivity contribution >= 4 is 19.9 Å². The minimum atomic E-state index is -3.68. The fourth-order valence-electron chi connectivity index (χ4n) is 2.83. The molecule has 2 atom stereocenters. The molecule has 1 aromatic heterocycles. The van der Waals surface area contributed by atoms with Crippen LogP contribution < -0.4 is 4.73 Å². The molecule has 21 heavy (non-hydrogen) atoms. The molecule has 9 heteroatoms. The Hall–Kier alpha value is -1.19. The van der Waals surface area contributed by atoms with Gasteiger partial charge in [-0.2, -0.15) is 9.04 Å². The molecule has 2 heterocycles. The van der Waals surface area contributed by atoms with Gasteiger partial charge < -0.3 is 5.21 Å². The molecule has 0 N–H and O–H groups in total. The topological polar surface area (TPSA) is 98.5 Å². The van der Waals surface area contributed by atoms with Crippen LogP contribution in [0.15, 0.2) is 24.4 Å². The summed E-state index contributed by atoms with van der Waals surface area (Å²) in [5.74, 6) is -0.665.